The highest BCUT2D eigenvalue weighted by Crippen LogP contribution is 2.41. The second-order valence-electron chi connectivity index (χ2n) is 8.39. The van der Waals surface area contributed by atoms with Crippen LogP contribution in [0.4, 0.5) is 18.0 Å². The summed E-state index contributed by atoms with van der Waals surface area (Å²) in [5, 5.41) is 5.09. The lowest BCUT2D eigenvalue weighted by Gasteiger charge is -2.32. The molecule has 2 aliphatic rings. The van der Waals surface area contributed by atoms with Crippen molar-refractivity contribution in [2.45, 2.75) is 38.5 Å². The van der Waals surface area contributed by atoms with Gasteiger partial charge in [0.05, 0.1) is 36.0 Å². The van der Waals surface area contributed by atoms with Crippen LogP contribution in [0.2, 0.25) is 0 Å². The first kappa shape index (κ1) is 24.2. The molecule has 2 atom stereocenters. The van der Waals surface area contributed by atoms with Crippen LogP contribution in [0.3, 0.4) is 0 Å². The monoisotopic (exact) mass is 462 g/mol. The summed E-state index contributed by atoms with van der Waals surface area (Å²) >= 11 is 0. The van der Waals surface area contributed by atoms with Gasteiger partial charge < -0.3 is 15.5 Å². The maximum atomic E-state index is 13.7. The number of nitrogens with one attached hydrogen (secondary N) is 2. The van der Waals surface area contributed by atoms with Gasteiger partial charge in [0.2, 0.25) is 5.91 Å². The molecule has 3 rings (SSSR count). The summed E-state index contributed by atoms with van der Waals surface area (Å²) in [4.78, 5) is 41.4. The molecule has 0 saturated heterocycles. The Bertz CT molecular complexity index is 1040. The highest BCUT2D eigenvalue weighted by molar-refractivity contribution is 6.03. The zero-order valence-corrected chi connectivity index (χ0v) is 18.5. The lowest BCUT2D eigenvalue weighted by molar-refractivity contribution is -0.139. The number of terminal acetylenes is 1. The molecule has 0 radical (unpaired) electrons. The molecular formula is C23H25F3N4O3. The second kappa shape index (κ2) is 9.17. The van der Waals surface area contributed by atoms with Crippen LogP contribution < -0.4 is 10.6 Å². The molecule has 0 spiro atoms. The van der Waals surface area contributed by atoms with Crippen molar-refractivity contribution < 1.29 is 27.6 Å². The molecule has 1 aromatic carbocycles. The SMILES string of the molecule is C#CCNC(=O)C(CC(C)C)N1CC2=C(C1=O)C(c1ccccc1C(F)(F)F)NC(=O)N2C. The summed E-state index contributed by atoms with van der Waals surface area (Å²) in [6.45, 7) is 3.66. The van der Waals surface area contributed by atoms with Gasteiger partial charge in [0.1, 0.15) is 6.04 Å². The zero-order chi connectivity index (χ0) is 24.5. The van der Waals surface area contributed by atoms with Crippen molar-refractivity contribution in [1.82, 2.24) is 20.4 Å². The molecule has 0 aromatic heterocycles. The lowest BCUT2D eigenvalue weighted by atomic mass is 9.91. The number of likely N-dealkylation sites (N-methyl/N-ethyl adjacent to an activating group) is 1. The van der Waals surface area contributed by atoms with Crippen LogP contribution in [0.1, 0.15) is 37.4 Å². The van der Waals surface area contributed by atoms with E-state index in [4.69, 9.17) is 6.42 Å². The van der Waals surface area contributed by atoms with E-state index in [-0.39, 0.29) is 35.8 Å². The quantitative estimate of drug-likeness (QED) is 0.638. The number of rotatable bonds is 6. The van der Waals surface area contributed by atoms with Crippen molar-refractivity contribution in [2.75, 3.05) is 20.1 Å². The number of hydrogen-bond donors (Lipinski definition) is 2. The molecule has 33 heavy (non-hydrogen) atoms. The highest BCUT2D eigenvalue weighted by atomic mass is 19.4. The first-order chi connectivity index (χ1) is 15.5. The maximum absolute atomic E-state index is 13.7. The third-order valence-corrected chi connectivity index (χ3v) is 5.70. The number of halogens is 3. The molecule has 7 nitrogen and oxygen atoms in total. The van der Waals surface area contributed by atoms with Gasteiger partial charge in [0, 0.05) is 7.05 Å². The standard InChI is InChI=1S/C23H25F3N4O3/c1-5-10-27-20(31)16(11-13(2)3)30-12-17-18(21(30)32)19(28-22(33)29(17)4)14-8-6-7-9-15(14)23(24,25)26/h1,6-9,13,16,19H,10-12H2,2-4H3,(H,27,31)(H,28,33). The molecule has 0 bridgehead atoms. The minimum absolute atomic E-state index is 0.0207. The molecule has 0 saturated carbocycles. The van der Waals surface area contributed by atoms with Crippen molar-refractivity contribution in [3.05, 3.63) is 46.7 Å². The van der Waals surface area contributed by atoms with Crippen LogP contribution in [0.15, 0.2) is 35.5 Å². The number of hydrogen-bond acceptors (Lipinski definition) is 3. The first-order valence-electron chi connectivity index (χ1n) is 10.4. The number of benzene rings is 1. The van der Waals surface area contributed by atoms with Gasteiger partial charge in [-0.1, -0.05) is 38.0 Å². The number of urea groups is 1. The zero-order valence-electron chi connectivity index (χ0n) is 18.5. The second-order valence-corrected chi connectivity index (χ2v) is 8.39. The van der Waals surface area contributed by atoms with Crippen molar-refractivity contribution in [3.63, 3.8) is 0 Å². The molecule has 1 aromatic rings. The van der Waals surface area contributed by atoms with Crippen molar-refractivity contribution in [1.29, 1.82) is 0 Å². The van der Waals surface area contributed by atoms with E-state index in [0.29, 0.717) is 6.42 Å². The van der Waals surface area contributed by atoms with E-state index in [0.717, 1.165) is 6.07 Å². The minimum atomic E-state index is -4.68. The summed E-state index contributed by atoms with van der Waals surface area (Å²) in [5.74, 6) is 1.29. The van der Waals surface area contributed by atoms with Gasteiger partial charge in [-0.25, -0.2) is 4.79 Å². The van der Waals surface area contributed by atoms with E-state index in [2.05, 4.69) is 16.6 Å². The van der Waals surface area contributed by atoms with Gasteiger partial charge in [-0.2, -0.15) is 13.2 Å². The summed E-state index contributed by atoms with van der Waals surface area (Å²) in [7, 11) is 1.43. The fourth-order valence-electron chi connectivity index (χ4n) is 4.16. The number of carbonyl (C=O) groups excluding carboxylic acids is 3. The summed E-state index contributed by atoms with van der Waals surface area (Å²) in [5.41, 5.74) is -0.883. The molecule has 2 unspecified atom stereocenters. The maximum Gasteiger partial charge on any atom is 0.416 e. The Labute approximate surface area is 190 Å². The van der Waals surface area contributed by atoms with E-state index >= 15 is 0 Å². The number of amides is 4. The fraction of sp³-hybridized carbons (Fsp3) is 0.435. The van der Waals surface area contributed by atoms with Gasteiger partial charge in [0.15, 0.2) is 0 Å². The summed E-state index contributed by atoms with van der Waals surface area (Å²) in [6.07, 6.45) is 0.860. The highest BCUT2D eigenvalue weighted by Gasteiger charge is 2.48. The molecule has 2 N–H and O–H groups in total. The van der Waals surface area contributed by atoms with Gasteiger partial charge in [0.25, 0.3) is 5.91 Å². The normalized spacial score (nSPS) is 19.4. The smallest absolute Gasteiger partial charge is 0.343 e. The molecule has 2 heterocycles. The minimum Gasteiger partial charge on any atom is -0.343 e. The van der Waals surface area contributed by atoms with Crippen LogP contribution in [0, 0.1) is 18.3 Å². The third-order valence-electron chi connectivity index (χ3n) is 5.70. The Morgan fingerprint density at radius 2 is 1.97 bits per heavy atom. The summed E-state index contributed by atoms with van der Waals surface area (Å²) in [6, 6.07) is 1.99. The fourth-order valence-corrected chi connectivity index (χ4v) is 4.16. The third kappa shape index (κ3) is 4.67. The van der Waals surface area contributed by atoms with E-state index in [1.165, 1.54) is 35.0 Å². The first-order valence-corrected chi connectivity index (χ1v) is 10.4. The van der Waals surface area contributed by atoms with Crippen molar-refractivity contribution in [2.24, 2.45) is 5.92 Å². The van der Waals surface area contributed by atoms with Gasteiger partial charge in [-0.05, 0) is 24.0 Å². The van der Waals surface area contributed by atoms with E-state index in [1.54, 1.807) is 0 Å². The average molecular weight is 462 g/mol. The largest absolute Gasteiger partial charge is 0.416 e. The molecule has 2 aliphatic heterocycles. The molecule has 10 heteroatoms. The molecule has 0 fully saturated rings. The molecule has 4 amide bonds. The van der Waals surface area contributed by atoms with Crippen molar-refractivity contribution in [3.8, 4) is 12.3 Å². The van der Waals surface area contributed by atoms with Crippen LogP contribution in [0.25, 0.3) is 0 Å². The topological polar surface area (TPSA) is 81.8 Å². The Morgan fingerprint density at radius 3 is 2.58 bits per heavy atom. The molecule has 0 aliphatic carbocycles. The van der Waals surface area contributed by atoms with Crippen molar-refractivity contribution >= 4 is 17.8 Å². The predicted molar refractivity (Wildman–Crippen MR) is 114 cm³/mol. The predicted octanol–water partition coefficient (Wildman–Crippen LogP) is 2.66. The van der Waals surface area contributed by atoms with Crippen LogP contribution >= 0.6 is 0 Å². The Hall–Kier alpha value is -3.48. The van der Waals surface area contributed by atoms with Crippen LogP contribution in [-0.2, 0) is 15.8 Å². The number of alkyl halides is 3. The van der Waals surface area contributed by atoms with E-state index < -0.39 is 41.7 Å². The lowest BCUT2D eigenvalue weighted by Crippen LogP contribution is -2.49. The Balaban J connectivity index is 2.05. The van der Waals surface area contributed by atoms with E-state index in [1.807, 2.05) is 13.8 Å². The number of nitrogens with zero attached hydrogens (tertiary/aromatic N) is 2. The average Bonchev–Trinajstić information content (AvgIpc) is 3.09. The molecule has 176 valence electrons. The van der Waals surface area contributed by atoms with Crippen LogP contribution in [-0.4, -0.2) is 53.8 Å². The Kier molecular flexibility index (Phi) is 6.72. The van der Waals surface area contributed by atoms with Gasteiger partial charge in [-0.3, -0.25) is 14.5 Å². The Morgan fingerprint density at radius 1 is 1.30 bits per heavy atom. The van der Waals surface area contributed by atoms with E-state index in [9.17, 15) is 27.6 Å². The molecular weight excluding hydrogens is 437 g/mol. The summed E-state index contributed by atoms with van der Waals surface area (Å²) < 4.78 is 41.1. The number of carbonyl (C=O) groups is 3. The van der Waals surface area contributed by atoms with Crippen LogP contribution in [0.5, 0.6) is 0 Å². The van der Waals surface area contributed by atoms with Gasteiger partial charge in [-0.15, -0.1) is 6.42 Å². The van der Waals surface area contributed by atoms with Gasteiger partial charge >= 0.3 is 12.2 Å².